The highest BCUT2D eigenvalue weighted by Gasteiger charge is 2.45. The molecule has 4 heteroatoms. The first-order chi connectivity index (χ1) is 8.42. The van der Waals surface area contributed by atoms with Gasteiger partial charge in [0.15, 0.2) is 0 Å². The highest BCUT2D eigenvalue weighted by molar-refractivity contribution is 5.69. The Kier molecular flexibility index (Phi) is 3.85. The SMILES string of the molecule is CC(C)(C)OC(=O)N1[C@H](CN)C[C@@H]2CCCC[C@@H]21. The summed E-state index contributed by atoms with van der Waals surface area (Å²) in [6, 6.07) is 0.537. The van der Waals surface area contributed by atoms with Crippen LogP contribution in [0.2, 0.25) is 0 Å². The molecule has 2 N–H and O–H groups in total. The average Bonchev–Trinajstić information content (AvgIpc) is 2.64. The van der Waals surface area contributed by atoms with Gasteiger partial charge in [0.05, 0.1) is 0 Å². The van der Waals surface area contributed by atoms with Gasteiger partial charge in [0.25, 0.3) is 0 Å². The molecule has 1 aliphatic heterocycles. The summed E-state index contributed by atoms with van der Waals surface area (Å²) in [4.78, 5) is 14.3. The molecule has 1 heterocycles. The molecule has 1 saturated heterocycles. The van der Waals surface area contributed by atoms with Gasteiger partial charge in [-0.05, 0) is 46.0 Å². The minimum absolute atomic E-state index is 0.174. The van der Waals surface area contributed by atoms with Crippen LogP contribution in [-0.2, 0) is 4.74 Å². The summed E-state index contributed by atoms with van der Waals surface area (Å²) >= 11 is 0. The van der Waals surface area contributed by atoms with Crippen LogP contribution in [0.15, 0.2) is 0 Å². The van der Waals surface area contributed by atoms with Crippen molar-refractivity contribution in [2.75, 3.05) is 6.54 Å². The number of nitrogens with zero attached hydrogens (tertiary/aromatic N) is 1. The first-order valence-corrected chi connectivity index (χ1v) is 7.14. The van der Waals surface area contributed by atoms with E-state index < -0.39 is 5.60 Å². The lowest BCUT2D eigenvalue weighted by Gasteiger charge is -2.35. The topological polar surface area (TPSA) is 55.6 Å². The Hall–Kier alpha value is -0.770. The summed E-state index contributed by atoms with van der Waals surface area (Å²) in [5.41, 5.74) is 5.40. The number of nitrogens with two attached hydrogens (primary N) is 1. The summed E-state index contributed by atoms with van der Waals surface area (Å²) in [5.74, 6) is 0.639. The van der Waals surface area contributed by atoms with Crippen LogP contribution >= 0.6 is 0 Å². The highest BCUT2D eigenvalue weighted by Crippen LogP contribution is 2.40. The van der Waals surface area contributed by atoms with Gasteiger partial charge in [0, 0.05) is 18.6 Å². The molecule has 0 unspecified atom stereocenters. The number of fused-ring (bicyclic) bond motifs is 1. The van der Waals surface area contributed by atoms with E-state index in [1.807, 2.05) is 25.7 Å². The number of ether oxygens (including phenoxy) is 1. The zero-order valence-corrected chi connectivity index (χ0v) is 11.8. The van der Waals surface area contributed by atoms with Crippen LogP contribution in [-0.4, -0.2) is 35.2 Å². The van der Waals surface area contributed by atoms with Crippen LogP contribution < -0.4 is 5.73 Å². The van der Waals surface area contributed by atoms with Gasteiger partial charge in [0.1, 0.15) is 5.60 Å². The zero-order chi connectivity index (χ0) is 13.3. The second kappa shape index (κ2) is 5.08. The normalized spacial score (nSPS) is 32.2. The van der Waals surface area contributed by atoms with Crippen LogP contribution in [0.25, 0.3) is 0 Å². The third kappa shape index (κ3) is 2.79. The molecule has 1 saturated carbocycles. The van der Waals surface area contributed by atoms with Gasteiger partial charge < -0.3 is 15.4 Å². The summed E-state index contributed by atoms with van der Waals surface area (Å²) in [6.45, 7) is 6.29. The van der Waals surface area contributed by atoms with E-state index in [2.05, 4.69) is 0 Å². The highest BCUT2D eigenvalue weighted by atomic mass is 16.6. The Morgan fingerprint density at radius 3 is 2.61 bits per heavy atom. The van der Waals surface area contributed by atoms with Gasteiger partial charge in [-0.25, -0.2) is 4.79 Å². The number of likely N-dealkylation sites (tertiary alicyclic amines) is 1. The smallest absolute Gasteiger partial charge is 0.410 e. The lowest BCUT2D eigenvalue weighted by Crippen LogP contribution is -2.47. The third-order valence-corrected chi connectivity index (χ3v) is 4.07. The number of carbonyl (C=O) groups is 1. The van der Waals surface area contributed by atoms with E-state index in [1.54, 1.807) is 0 Å². The second-order valence-corrected chi connectivity index (χ2v) is 6.62. The van der Waals surface area contributed by atoms with Crippen molar-refractivity contribution >= 4 is 6.09 Å². The van der Waals surface area contributed by atoms with Crippen molar-refractivity contribution in [3.63, 3.8) is 0 Å². The van der Waals surface area contributed by atoms with E-state index in [1.165, 1.54) is 19.3 Å². The van der Waals surface area contributed by atoms with Crippen molar-refractivity contribution in [3.05, 3.63) is 0 Å². The number of amides is 1. The zero-order valence-electron chi connectivity index (χ0n) is 11.8. The van der Waals surface area contributed by atoms with Crippen molar-refractivity contribution in [1.82, 2.24) is 4.90 Å². The molecular formula is C14H26N2O2. The predicted molar refractivity (Wildman–Crippen MR) is 71.3 cm³/mol. The standard InChI is InChI=1S/C14H26N2O2/c1-14(2,3)18-13(17)16-11(9-15)8-10-6-4-5-7-12(10)16/h10-12H,4-9,15H2,1-3H3/t10-,11-,12-/m0/s1. The molecule has 0 aromatic carbocycles. The maximum atomic E-state index is 12.3. The Morgan fingerprint density at radius 2 is 2.00 bits per heavy atom. The van der Waals surface area contributed by atoms with E-state index in [0.717, 1.165) is 12.8 Å². The van der Waals surface area contributed by atoms with Crippen LogP contribution in [0.5, 0.6) is 0 Å². The fourth-order valence-corrected chi connectivity index (χ4v) is 3.37. The number of rotatable bonds is 1. The monoisotopic (exact) mass is 254 g/mol. The van der Waals surface area contributed by atoms with E-state index in [4.69, 9.17) is 10.5 Å². The second-order valence-electron chi connectivity index (χ2n) is 6.62. The lowest BCUT2D eigenvalue weighted by molar-refractivity contribution is 0.0111. The van der Waals surface area contributed by atoms with Gasteiger partial charge >= 0.3 is 6.09 Å². The largest absolute Gasteiger partial charge is 0.444 e. The van der Waals surface area contributed by atoms with E-state index in [-0.39, 0.29) is 12.1 Å². The Morgan fingerprint density at radius 1 is 1.33 bits per heavy atom. The van der Waals surface area contributed by atoms with Crippen LogP contribution in [0, 0.1) is 5.92 Å². The maximum absolute atomic E-state index is 12.3. The molecule has 2 rings (SSSR count). The summed E-state index contributed by atoms with van der Waals surface area (Å²) in [6.07, 6.45) is 5.74. The molecule has 2 fully saturated rings. The molecule has 0 aromatic heterocycles. The molecule has 18 heavy (non-hydrogen) atoms. The van der Waals surface area contributed by atoms with Crippen LogP contribution in [0.4, 0.5) is 4.79 Å². The van der Waals surface area contributed by atoms with Crippen LogP contribution in [0.1, 0.15) is 52.9 Å². The molecular weight excluding hydrogens is 228 g/mol. The number of carbonyl (C=O) groups excluding carboxylic acids is 1. The molecule has 1 aliphatic carbocycles. The van der Waals surface area contributed by atoms with E-state index >= 15 is 0 Å². The molecule has 0 bridgehead atoms. The van der Waals surface area contributed by atoms with Gasteiger partial charge in [-0.1, -0.05) is 12.8 Å². The molecule has 0 radical (unpaired) electrons. The van der Waals surface area contributed by atoms with Crippen molar-refractivity contribution in [1.29, 1.82) is 0 Å². The van der Waals surface area contributed by atoms with Crippen molar-refractivity contribution in [3.8, 4) is 0 Å². The summed E-state index contributed by atoms with van der Waals surface area (Å²) in [7, 11) is 0. The summed E-state index contributed by atoms with van der Waals surface area (Å²) < 4.78 is 5.53. The first kappa shape index (κ1) is 13.7. The van der Waals surface area contributed by atoms with Crippen molar-refractivity contribution < 1.29 is 9.53 Å². The molecule has 104 valence electrons. The number of hydrogen-bond acceptors (Lipinski definition) is 3. The molecule has 3 atom stereocenters. The average molecular weight is 254 g/mol. The molecule has 0 aromatic rings. The Balaban J connectivity index is 2.10. The summed E-state index contributed by atoms with van der Waals surface area (Å²) in [5, 5.41) is 0. The third-order valence-electron chi connectivity index (χ3n) is 4.07. The maximum Gasteiger partial charge on any atom is 0.410 e. The fourth-order valence-electron chi connectivity index (χ4n) is 3.37. The Labute approximate surface area is 110 Å². The van der Waals surface area contributed by atoms with Crippen molar-refractivity contribution in [2.24, 2.45) is 11.7 Å². The quantitative estimate of drug-likeness (QED) is 0.782. The molecule has 1 amide bonds. The van der Waals surface area contributed by atoms with Gasteiger partial charge in [0.2, 0.25) is 0 Å². The Bertz CT molecular complexity index is 311. The minimum Gasteiger partial charge on any atom is -0.444 e. The van der Waals surface area contributed by atoms with E-state index in [0.29, 0.717) is 18.5 Å². The minimum atomic E-state index is -0.428. The van der Waals surface area contributed by atoms with Crippen LogP contribution in [0.3, 0.4) is 0 Å². The lowest BCUT2D eigenvalue weighted by atomic mass is 9.85. The fraction of sp³-hybridized carbons (Fsp3) is 0.929. The van der Waals surface area contributed by atoms with Crippen molar-refractivity contribution in [2.45, 2.75) is 70.6 Å². The van der Waals surface area contributed by atoms with Gasteiger partial charge in [-0.3, -0.25) is 0 Å². The molecule has 2 aliphatic rings. The van der Waals surface area contributed by atoms with Gasteiger partial charge in [-0.2, -0.15) is 0 Å². The van der Waals surface area contributed by atoms with E-state index in [9.17, 15) is 4.79 Å². The predicted octanol–water partition coefficient (Wildman–Crippen LogP) is 2.51. The first-order valence-electron chi connectivity index (χ1n) is 7.14. The molecule has 0 spiro atoms. The molecule has 4 nitrogen and oxygen atoms in total. The number of hydrogen-bond donors (Lipinski definition) is 1. The van der Waals surface area contributed by atoms with Gasteiger partial charge in [-0.15, -0.1) is 0 Å².